The van der Waals surface area contributed by atoms with E-state index >= 15 is 0 Å². The van der Waals surface area contributed by atoms with E-state index in [9.17, 15) is 9.59 Å². The number of amidine groups is 1. The van der Waals surface area contributed by atoms with Crippen molar-refractivity contribution in [2.45, 2.75) is 71.6 Å². The van der Waals surface area contributed by atoms with Crippen molar-refractivity contribution in [2.75, 3.05) is 13.2 Å². The zero-order chi connectivity index (χ0) is 24.5. The second-order valence-electron chi connectivity index (χ2n) is 9.87. The molecule has 3 aliphatic rings. The van der Waals surface area contributed by atoms with E-state index in [2.05, 4.69) is 5.32 Å². The van der Waals surface area contributed by atoms with Gasteiger partial charge >= 0.3 is 5.97 Å². The fourth-order valence-electron chi connectivity index (χ4n) is 4.41. The summed E-state index contributed by atoms with van der Waals surface area (Å²) >= 11 is 1.48. The number of benzene rings is 1. The molecule has 1 N–H and O–H groups in total. The van der Waals surface area contributed by atoms with E-state index in [1.165, 1.54) is 11.8 Å². The van der Waals surface area contributed by atoms with E-state index in [0.717, 1.165) is 41.4 Å². The van der Waals surface area contributed by atoms with Crippen LogP contribution in [-0.2, 0) is 19.1 Å². The van der Waals surface area contributed by atoms with Crippen molar-refractivity contribution in [3.63, 3.8) is 0 Å². The SMILES string of the molecule is CC1=C(C(=O)OC(C)(C)C)C(c2ccccc2C)N2C(CC(=O)NCC3CCCO3)=CSC2=N1. The second-order valence-corrected chi connectivity index (χ2v) is 10.7. The highest BCUT2D eigenvalue weighted by atomic mass is 32.2. The van der Waals surface area contributed by atoms with Crippen LogP contribution >= 0.6 is 11.8 Å². The summed E-state index contributed by atoms with van der Waals surface area (Å²) in [6.07, 6.45) is 2.29. The van der Waals surface area contributed by atoms with E-state index in [0.29, 0.717) is 17.8 Å². The molecule has 1 aromatic carbocycles. The average Bonchev–Trinajstić information content (AvgIpc) is 3.40. The van der Waals surface area contributed by atoms with E-state index in [1.54, 1.807) is 0 Å². The first-order valence-corrected chi connectivity index (χ1v) is 12.6. The van der Waals surface area contributed by atoms with Crippen molar-refractivity contribution >= 4 is 28.8 Å². The van der Waals surface area contributed by atoms with Crippen LogP contribution in [0.5, 0.6) is 0 Å². The van der Waals surface area contributed by atoms with Crippen molar-refractivity contribution in [1.82, 2.24) is 10.2 Å². The molecule has 2 atom stereocenters. The van der Waals surface area contributed by atoms with Gasteiger partial charge in [-0.25, -0.2) is 9.79 Å². The highest BCUT2D eigenvalue weighted by molar-refractivity contribution is 8.16. The fraction of sp³-hybridized carbons (Fsp3) is 0.500. The molecule has 3 heterocycles. The Labute approximate surface area is 205 Å². The third-order valence-corrected chi connectivity index (χ3v) is 6.88. The summed E-state index contributed by atoms with van der Waals surface area (Å²) in [4.78, 5) is 33.0. The van der Waals surface area contributed by atoms with E-state index < -0.39 is 11.6 Å². The number of carbonyl (C=O) groups is 2. The van der Waals surface area contributed by atoms with Crippen LogP contribution in [0.4, 0.5) is 0 Å². The Morgan fingerprint density at radius 2 is 2.03 bits per heavy atom. The number of aryl methyl sites for hydroxylation is 1. The van der Waals surface area contributed by atoms with Gasteiger partial charge in [-0.15, -0.1) is 0 Å². The molecule has 0 spiro atoms. The Bertz CT molecular complexity index is 1060. The molecule has 3 aliphatic heterocycles. The van der Waals surface area contributed by atoms with Gasteiger partial charge in [0.15, 0.2) is 5.17 Å². The monoisotopic (exact) mass is 483 g/mol. The van der Waals surface area contributed by atoms with E-state index in [-0.39, 0.29) is 24.4 Å². The molecule has 8 heteroatoms. The third kappa shape index (κ3) is 5.39. The van der Waals surface area contributed by atoms with Gasteiger partial charge in [-0.2, -0.15) is 0 Å². The number of nitrogens with zero attached hydrogens (tertiary/aromatic N) is 2. The van der Waals surface area contributed by atoms with Crippen LogP contribution in [0.25, 0.3) is 0 Å². The van der Waals surface area contributed by atoms with Crippen LogP contribution in [-0.4, -0.2) is 46.8 Å². The summed E-state index contributed by atoms with van der Waals surface area (Å²) in [5.41, 5.74) is 3.37. The van der Waals surface area contributed by atoms with Gasteiger partial charge in [0.2, 0.25) is 5.91 Å². The predicted octanol–water partition coefficient (Wildman–Crippen LogP) is 4.60. The Morgan fingerprint density at radius 3 is 2.71 bits per heavy atom. The number of allylic oxidation sites excluding steroid dienone is 1. The summed E-state index contributed by atoms with van der Waals surface area (Å²) < 4.78 is 11.4. The molecule has 0 bridgehead atoms. The van der Waals surface area contributed by atoms with Gasteiger partial charge in [-0.05, 0) is 64.0 Å². The Balaban J connectivity index is 1.63. The largest absolute Gasteiger partial charge is 0.456 e. The smallest absolute Gasteiger partial charge is 0.338 e. The lowest BCUT2D eigenvalue weighted by Crippen LogP contribution is -2.40. The lowest BCUT2D eigenvalue weighted by atomic mass is 9.91. The quantitative estimate of drug-likeness (QED) is 0.596. The summed E-state index contributed by atoms with van der Waals surface area (Å²) in [5, 5.41) is 5.73. The molecule has 1 saturated heterocycles. The lowest BCUT2D eigenvalue weighted by Gasteiger charge is -2.37. The minimum atomic E-state index is -0.634. The average molecular weight is 484 g/mol. The molecule has 0 radical (unpaired) electrons. The number of hydrogen-bond donors (Lipinski definition) is 1. The molecule has 0 aromatic heterocycles. The molecule has 0 aliphatic carbocycles. The second kappa shape index (κ2) is 9.96. The van der Waals surface area contributed by atoms with Gasteiger partial charge in [0.05, 0.1) is 29.8 Å². The molecule has 7 nitrogen and oxygen atoms in total. The van der Waals surface area contributed by atoms with Crippen LogP contribution < -0.4 is 5.32 Å². The predicted molar refractivity (Wildman–Crippen MR) is 134 cm³/mol. The van der Waals surface area contributed by atoms with Crippen molar-refractivity contribution in [3.05, 3.63) is 57.8 Å². The number of esters is 1. The number of thioether (sulfide) groups is 1. The summed E-state index contributed by atoms with van der Waals surface area (Å²) in [7, 11) is 0. The van der Waals surface area contributed by atoms with Crippen LogP contribution in [0.1, 0.15) is 64.1 Å². The first kappa shape index (κ1) is 24.5. The maximum atomic E-state index is 13.4. The molecule has 4 rings (SSSR count). The Kier molecular flexibility index (Phi) is 7.19. The molecule has 34 heavy (non-hydrogen) atoms. The normalized spacial score (nSPS) is 22.3. The fourth-order valence-corrected chi connectivity index (χ4v) is 5.38. The standard InChI is InChI=1S/C26H33N3O4S/c1-16-9-6-7-11-20(16)23-22(24(31)33-26(3,4)5)17(2)28-25-29(23)18(15-34-25)13-21(30)27-14-19-10-8-12-32-19/h6-7,9,11,15,19,23H,8,10,12-14H2,1-5H3,(H,27,30). The molecule has 0 saturated carbocycles. The number of rotatable bonds is 6. The minimum Gasteiger partial charge on any atom is -0.456 e. The minimum absolute atomic E-state index is 0.0720. The van der Waals surface area contributed by atoms with Gasteiger partial charge < -0.3 is 19.7 Å². The summed E-state index contributed by atoms with van der Waals surface area (Å²) in [6.45, 7) is 10.7. The van der Waals surface area contributed by atoms with Gasteiger partial charge in [0, 0.05) is 18.8 Å². The van der Waals surface area contributed by atoms with Crippen molar-refractivity contribution in [1.29, 1.82) is 0 Å². The van der Waals surface area contributed by atoms with Crippen molar-refractivity contribution in [3.8, 4) is 0 Å². The maximum absolute atomic E-state index is 13.4. The first-order chi connectivity index (χ1) is 16.1. The lowest BCUT2D eigenvalue weighted by molar-refractivity contribution is -0.150. The molecule has 1 aromatic rings. The van der Waals surface area contributed by atoms with Crippen LogP contribution in [0.3, 0.4) is 0 Å². The number of amides is 1. The molecular formula is C26H33N3O4S. The van der Waals surface area contributed by atoms with Gasteiger partial charge in [0.25, 0.3) is 0 Å². The third-order valence-electron chi connectivity index (χ3n) is 6.00. The molecule has 2 unspecified atom stereocenters. The number of carbonyl (C=O) groups excluding carboxylic acids is 2. The highest BCUT2D eigenvalue weighted by Crippen LogP contribution is 2.45. The first-order valence-electron chi connectivity index (χ1n) is 11.8. The summed E-state index contributed by atoms with van der Waals surface area (Å²) in [6, 6.07) is 7.59. The van der Waals surface area contributed by atoms with Gasteiger partial charge in [-0.3, -0.25) is 4.79 Å². The maximum Gasteiger partial charge on any atom is 0.338 e. The van der Waals surface area contributed by atoms with E-state index in [1.807, 2.05) is 69.2 Å². The molecular weight excluding hydrogens is 450 g/mol. The Morgan fingerprint density at radius 1 is 1.26 bits per heavy atom. The molecule has 182 valence electrons. The highest BCUT2D eigenvalue weighted by Gasteiger charge is 2.42. The number of hydrogen-bond acceptors (Lipinski definition) is 7. The topological polar surface area (TPSA) is 80.2 Å². The number of ether oxygens (including phenoxy) is 2. The summed E-state index contributed by atoms with van der Waals surface area (Å²) in [5.74, 6) is -0.461. The zero-order valence-corrected chi connectivity index (χ0v) is 21.3. The van der Waals surface area contributed by atoms with Gasteiger partial charge in [-0.1, -0.05) is 36.0 Å². The van der Waals surface area contributed by atoms with Gasteiger partial charge in [0.1, 0.15) is 5.60 Å². The Hall–Kier alpha value is -2.58. The van der Waals surface area contributed by atoms with Crippen molar-refractivity contribution in [2.24, 2.45) is 4.99 Å². The van der Waals surface area contributed by atoms with Crippen LogP contribution in [0.15, 0.2) is 51.6 Å². The van der Waals surface area contributed by atoms with Crippen LogP contribution in [0.2, 0.25) is 0 Å². The van der Waals surface area contributed by atoms with Crippen molar-refractivity contribution < 1.29 is 19.1 Å². The molecule has 1 fully saturated rings. The number of aliphatic imine (C=N–C) groups is 1. The van der Waals surface area contributed by atoms with E-state index in [4.69, 9.17) is 14.5 Å². The van der Waals surface area contributed by atoms with Crippen LogP contribution in [0, 0.1) is 6.92 Å². The molecule has 1 amide bonds. The number of nitrogens with one attached hydrogen (secondary N) is 1. The number of fused-ring (bicyclic) bond motifs is 1. The zero-order valence-electron chi connectivity index (χ0n) is 20.5.